The molecule has 86 valence electrons. The van der Waals surface area contributed by atoms with Gasteiger partial charge in [-0.25, -0.2) is 4.98 Å². The summed E-state index contributed by atoms with van der Waals surface area (Å²) in [6, 6.07) is 0. The molecule has 1 aromatic rings. The molecule has 1 aliphatic heterocycles. The van der Waals surface area contributed by atoms with Crippen LogP contribution >= 0.6 is 11.6 Å². The van der Waals surface area contributed by atoms with Gasteiger partial charge in [-0.3, -0.25) is 10.1 Å². The Morgan fingerprint density at radius 1 is 1.69 bits per heavy atom. The predicted octanol–water partition coefficient (Wildman–Crippen LogP) is 1.21. The average Bonchev–Trinajstić information content (AvgIpc) is 2.70. The number of nitro groups is 1. The Morgan fingerprint density at radius 3 is 3.12 bits per heavy atom. The standard InChI is InChI=1S/C8H8ClN3O4/c9-8-10-3-6(12(13)14)7(11-8)16-5-1-2-15-4-5/h3,5H,1-2,4H2. The minimum absolute atomic E-state index is 0.0838. The van der Waals surface area contributed by atoms with Crippen molar-refractivity contribution in [3.63, 3.8) is 0 Å². The zero-order valence-electron chi connectivity index (χ0n) is 8.13. The number of hydrogen-bond acceptors (Lipinski definition) is 6. The molecular formula is C8H8ClN3O4. The van der Waals surface area contributed by atoms with Crippen molar-refractivity contribution >= 4 is 17.3 Å². The molecule has 2 heterocycles. The summed E-state index contributed by atoms with van der Waals surface area (Å²) >= 11 is 5.55. The molecule has 1 atom stereocenters. The largest absolute Gasteiger partial charge is 0.467 e. The Balaban J connectivity index is 2.22. The fourth-order valence-electron chi connectivity index (χ4n) is 1.32. The maximum Gasteiger partial charge on any atom is 0.349 e. The third-order valence-corrected chi connectivity index (χ3v) is 2.25. The van der Waals surface area contributed by atoms with E-state index in [-0.39, 0.29) is 23.0 Å². The highest BCUT2D eigenvalue weighted by molar-refractivity contribution is 6.28. The van der Waals surface area contributed by atoms with E-state index >= 15 is 0 Å². The quantitative estimate of drug-likeness (QED) is 0.452. The molecule has 1 unspecified atom stereocenters. The summed E-state index contributed by atoms with van der Waals surface area (Å²) in [5, 5.41) is 10.6. The van der Waals surface area contributed by atoms with Crippen molar-refractivity contribution in [3.05, 3.63) is 21.6 Å². The first-order valence-electron chi connectivity index (χ1n) is 4.58. The summed E-state index contributed by atoms with van der Waals surface area (Å²) in [5.74, 6) is -0.111. The van der Waals surface area contributed by atoms with Crippen molar-refractivity contribution in [1.82, 2.24) is 9.97 Å². The number of hydrogen-bond donors (Lipinski definition) is 0. The lowest BCUT2D eigenvalue weighted by molar-refractivity contribution is -0.386. The van der Waals surface area contributed by atoms with Crippen LogP contribution < -0.4 is 4.74 Å². The second kappa shape index (κ2) is 4.58. The highest BCUT2D eigenvalue weighted by Crippen LogP contribution is 2.26. The minimum Gasteiger partial charge on any atom is -0.467 e. The van der Waals surface area contributed by atoms with Crippen LogP contribution in [-0.2, 0) is 4.74 Å². The number of aromatic nitrogens is 2. The minimum atomic E-state index is -0.610. The predicted molar refractivity (Wildman–Crippen MR) is 53.5 cm³/mol. The van der Waals surface area contributed by atoms with Gasteiger partial charge in [0.2, 0.25) is 5.28 Å². The van der Waals surface area contributed by atoms with Gasteiger partial charge >= 0.3 is 5.69 Å². The lowest BCUT2D eigenvalue weighted by Gasteiger charge is -2.10. The SMILES string of the molecule is O=[N+]([O-])c1cnc(Cl)nc1OC1CCOC1. The summed E-state index contributed by atoms with van der Waals surface area (Å²) in [6.45, 7) is 0.982. The Bertz CT molecular complexity index is 408. The average molecular weight is 246 g/mol. The maximum absolute atomic E-state index is 10.7. The molecule has 1 saturated heterocycles. The normalized spacial score (nSPS) is 19.7. The monoisotopic (exact) mass is 245 g/mol. The maximum atomic E-state index is 10.7. The molecule has 0 aliphatic carbocycles. The molecule has 8 heteroatoms. The molecule has 7 nitrogen and oxygen atoms in total. The summed E-state index contributed by atoms with van der Waals surface area (Å²) in [7, 11) is 0. The van der Waals surface area contributed by atoms with E-state index in [0.29, 0.717) is 19.6 Å². The molecule has 1 aliphatic rings. The van der Waals surface area contributed by atoms with Gasteiger partial charge in [0, 0.05) is 6.42 Å². The van der Waals surface area contributed by atoms with Gasteiger partial charge in [0.15, 0.2) is 0 Å². The van der Waals surface area contributed by atoms with Crippen LogP contribution in [0.2, 0.25) is 5.28 Å². The number of nitrogens with zero attached hydrogens (tertiary/aromatic N) is 3. The van der Waals surface area contributed by atoms with Crippen molar-refractivity contribution in [2.45, 2.75) is 12.5 Å². The van der Waals surface area contributed by atoms with Crippen molar-refractivity contribution in [3.8, 4) is 5.88 Å². The fraction of sp³-hybridized carbons (Fsp3) is 0.500. The number of halogens is 1. The van der Waals surface area contributed by atoms with Gasteiger partial charge in [-0.1, -0.05) is 0 Å². The molecular weight excluding hydrogens is 238 g/mol. The molecule has 0 N–H and O–H groups in total. The van der Waals surface area contributed by atoms with E-state index in [1.165, 1.54) is 0 Å². The second-order valence-electron chi connectivity index (χ2n) is 3.19. The Labute approximate surface area is 95.5 Å². The van der Waals surface area contributed by atoms with Crippen LogP contribution in [0, 0.1) is 10.1 Å². The molecule has 16 heavy (non-hydrogen) atoms. The first kappa shape index (κ1) is 11.0. The van der Waals surface area contributed by atoms with Gasteiger partial charge in [-0.05, 0) is 11.6 Å². The van der Waals surface area contributed by atoms with Gasteiger partial charge in [0.05, 0.1) is 18.1 Å². The molecule has 0 aromatic carbocycles. The van der Waals surface area contributed by atoms with Gasteiger partial charge in [0.25, 0.3) is 5.88 Å². The first-order chi connectivity index (χ1) is 7.66. The van der Waals surface area contributed by atoms with E-state index < -0.39 is 4.92 Å². The van der Waals surface area contributed by atoms with Crippen LogP contribution in [0.4, 0.5) is 5.69 Å². The molecule has 0 saturated carbocycles. The van der Waals surface area contributed by atoms with Crippen LogP contribution in [0.5, 0.6) is 5.88 Å². The van der Waals surface area contributed by atoms with E-state index in [2.05, 4.69) is 9.97 Å². The number of ether oxygens (including phenoxy) is 2. The van der Waals surface area contributed by atoms with E-state index in [1.54, 1.807) is 0 Å². The Kier molecular flexibility index (Phi) is 3.16. The van der Waals surface area contributed by atoms with E-state index in [4.69, 9.17) is 21.1 Å². The van der Waals surface area contributed by atoms with Crippen molar-refractivity contribution in [1.29, 1.82) is 0 Å². The summed E-state index contributed by atoms with van der Waals surface area (Å²) < 4.78 is 10.4. The molecule has 1 aromatic heterocycles. The summed E-state index contributed by atoms with van der Waals surface area (Å²) in [5.41, 5.74) is -0.295. The highest BCUT2D eigenvalue weighted by atomic mass is 35.5. The summed E-state index contributed by atoms with van der Waals surface area (Å²) in [6.07, 6.45) is 1.49. The van der Waals surface area contributed by atoms with Crippen LogP contribution in [0.25, 0.3) is 0 Å². The Hall–Kier alpha value is -1.47. The number of rotatable bonds is 3. The van der Waals surface area contributed by atoms with Crippen molar-refractivity contribution < 1.29 is 14.4 Å². The van der Waals surface area contributed by atoms with Gasteiger partial charge < -0.3 is 9.47 Å². The summed E-state index contributed by atoms with van der Waals surface area (Å²) in [4.78, 5) is 17.3. The lowest BCUT2D eigenvalue weighted by atomic mass is 10.3. The zero-order chi connectivity index (χ0) is 11.5. The molecule has 1 fully saturated rings. The van der Waals surface area contributed by atoms with E-state index in [0.717, 1.165) is 6.20 Å². The van der Waals surface area contributed by atoms with Crippen LogP contribution in [0.3, 0.4) is 0 Å². The third-order valence-electron chi connectivity index (χ3n) is 2.07. The topological polar surface area (TPSA) is 87.4 Å². The smallest absolute Gasteiger partial charge is 0.349 e. The van der Waals surface area contributed by atoms with Crippen LogP contribution in [0.15, 0.2) is 6.20 Å². The molecule has 0 bridgehead atoms. The first-order valence-corrected chi connectivity index (χ1v) is 4.96. The zero-order valence-corrected chi connectivity index (χ0v) is 8.88. The van der Waals surface area contributed by atoms with E-state index in [9.17, 15) is 10.1 Å². The van der Waals surface area contributed by atoms with Gasteiger partial charge in [0.1, 0.15) is 12.3 Å². The molecule has 0 radical (unpaired) electrons. The van der Waals surface area contributed by atoms with Crippen molar-refractivity contribution in [2.24, 2.45) is 0 Å². The van der Waals surface area contributed by atoms with Gasteiger partial charge in [-0.2, -0.15) is 4.98 Å². The van der Waals surface area contributed by atoms with E-state index in [1.807, 2.05) is 0 Å². The lowest BCUT2D eigenvalue weighted by Crippen LogP contribution is -2.17. The molecule has 0 amide bonds. The third kappa shape index (κ3) is 2.37. The fourth-order valence-corrected chi connectivity index (χ4v) is 1.44. The Morgan fingerprint density at radius 2 is 2.50 bits per heavy atom. The molecule has 2 rings (SSSR count). The molecule has 0 spiro atoms. The van der Waals surface area contributed by atoms with Crippen LogP contribution in [0.1, 0.15) is 6.42 Å². The van der Waals surface area contributed by atoms with Crippen LogP contribution in [-0.4, -0.2) is 34.2 Å². The van der Waals surface area contributed by atoms with Gasteiger partial charge in [-0.15, -0.1) is 0 Å². The second-order valence-corrected chi connectivity index (χ2v) is 3.53. The van der Waals surface area contributed by atoms with Crippen molar-refractivity contribution in [2.75, 3.05) is 13.2 Å². The highest BCUT2D eigenvalue weighted by Gasteiger charge is 2.24.